The first kappa shape index (κ1) is 20.6. The molecule has 3 aromatic rings. The number of methoxy groups -OCH3 is 1. The van der Waals surface area contributed by atoms with Crippen LogP contribution in [0.25, 0.3) is 0 Å². The van der Waals surface area contributed by atoms with Crippen LogP contribution in [0.3, 0.4) is 0 Å². The molecule has 0 bridgehead atoms. The van der Waals surface area contributed by atoms with E-state index in [2.05, 4.69) is 36.5 Å². The van der Waals surface area contributed by atoms with Gasteiger partial charge >= 0.3 is 0 Å². The maximum Gasteiger partial charge on any atom is 0.255 e. The van der Waals surface area contributed by atoms with Gasteiger partial charge in [-0.25, -0.2) is 0 Å². The van der Waals surface area contributed by atoms with Gasteiger partial charge in [-0.15, -0.1) is 11.8 Å². The van der Waals surface area contributed by atoms with Crippen LogP contribution in [0.2, 0.25) is 10.0 Å². The van der Waals surface area contributed by atoms with Gasteiger partial charge in [0, 0.05) is 26.8 Å². The van der Waals surface area contributed by atoms with Crippen molar-refractivity contribution in [3.8, 4) is 5.75 Å². The summed E-state index contributed by atoms with van der Waals surface area (Å²) in [4.78, 5) is 13.8. The highest BCUT2D eigenvalue weighted by Gasteiger charge is 2.13. The Bertz CT molecular complexity index is 990. The Morgan fingerprint density at radius 2 is 1.79 bits per heavy atom. The Hall–Kier alpha value is -2.14. The van der Waals surface area contributed by atoms with Gasteiger partial charge in [-0.2, -0.15) is 0 Å². The molecule has 0 aliphatic heterocycles. The highest BCUT2D eigenvalue weighted by atomic mass is 35.5. The maximum atomic E-state index is 12.7. The number of aryl methyl sites for hydroxylation is 1. The molecule has 0 aliphatic carbocycles. The summed E-state index contributed by atoms with van der Waals surface area (Å²) in [6.45, 7) is 2.06. The number of nitrogens with one attached hydrogen (secondary N) is 1. The summed E-state index contributed by atoms with van der Waals surface area (Å²) in [7, 11) is 1.63. The van der Waals surface area contributed by atoms with E-state index in [1.165, 1.54) is 5.56 Å². The number of carbonyl (C=O) groups excluding carboxylic acids is 1. The first-order valence-electron chi connectivity index (χ1n) is 8.59. The van der Waals surface area contributed by atoms with Gasteiger partial charge in [-0.05, 0) is 55.5 Å². The normalized spacial score (nSPS) is 10.6. The first-order valence-corrected chi connectivity index (χ1v) is 10.3. The predicted molar refractivity (Wildman–Crippen MR) is 118 cm³/mol. The van der Waals surface area contributed by atoms with Gasteiger partial charge in [0.15, 0.2) is 0 Å². The third-order valence-electron chi connectivity index (χ3n) is 4.13. The summed E-state index contributed by atoms with van der Waals surface area (Å²) >= 11 is 13.8. The van der Waals surface area contributed by atoms with Gasteiger partial charge in [-0.1, -0.05) is 40.9 Å². The molecule has 0 fully saturated rings. The van der Waals surface area contributed by atoms with Crippen molar-refractivity contribution in [3.05, 3.63) is 87.4 Å². The smallest absolute Gasteiger partial charge is 0.255 e. The molecule has 28 heavy (non-hydrogen) atoms. The van der Waals surface area contributed by atoms with Crippen LogP contribution in [0, 0.1) is 6.92 Å². The molecule has 6 heteroatoms. The van der Waals surface area contributed by atoms with Crippen LogP contribution in [0.1, 0.15) is 21.5 Å². The molecule has 1 amide bonds. The molecule has 144 valence electrons. The van der Waals surface area contributed by atoms with Crippen molar-refractivity contribution in [2.75, 3.05) is 12.4 Å². The Labute approximate surface area is 179 Å². The zero-order valence-corrected chi connectivity index (χ0v) is 17.8. The van der Waals surface area contributed by atoms with Crippen LogP contribution in [0.5, 0.6) is 5.75 Å². The van der Waals surface area contributed by atoms with Crippen molar-refractivity contribution < 1.29 is 9.53 Å². The number of amides is 1. The van der Waals surface area contributed by atoms with Crippen molar-refractivity contribution in [1.29, 1.82) is 0 Å². The van der Waals surface area contributed by atoms with Gasteiger partial charge in [0.25, 0.3) is 5.91 Å². The number of anilines is 1. The van der Waals surface area contributed by atoms with Gasteiger partial charge in [-0.3, -0.25) is 4.79 Å². The molecule has 0 heterocycles. The molecule has 0 aliphatic rings. The molecule has 1 N–H and O–H groups in total. The highest BCUT2D eigenvalue weighted by Crippen LogP contribution is 2.30. The summed E-state index contributed by atoms with van der Waals surface area (Å²) in [5.74, 6) is 1.18. The molecule has 0 saturated heterocycles. The Morgan fingerprint density at radius 1 is 1.04 bits per heavy atom. The average Bonchev–Trinajstić information content (AvgIpc) is 2.70. The fourth-order valence-electron chi connectivity index (χ4n) is 2.62. The molecule has 0 spiro atoms. The van der Waals surface area contributed by atoms with E-state index in [9.17, 15) is 4.79 Å². The van der Waals surface area contributed by atoms with Crippen molar-refractivity contribution in [2.24, 2.45) is 0 Å². The van der Waals surface area contributed by atoms with Gasteiger partial charge < -0.3 is 10.1 Å². The van der Waals surface area contributed by atoms with Crippen LogP contribution < -0.4 is 10.1 Å². The fourth-order valence-corrected chi connectivity index (χ4v) is 3.83. The summed E-state index contributed by atoms with van der Waals surface area (Å²) < 4.78 is 5.46. The van der Waals surface area contributed by atoms with E-state index >= 15 is 0 Å². The minimum absolute atomic E-state index is 0.256. The number of ether oxygens (including phenoxy) is 1. The monoisotopic (exact) mass is 431 g/mol. The number of hydrogen-bond acceptors (Lipinski definition) is 3. The molecule has 3 nitrogen and oxygen atoms in total. The number of halogens is 2. The number of benzene rings is 3. The molecule has 0 aromatic heterocycles. The van der Waals surface area contributed by atoms with Gasteiger partial charge in [0.05, 0.1) is 17.8 Å². The lowest BCUT2D eigenvalue weighted by Crippen LogP contribution is -2.12. The number of rotatable bonds is 6. The lowest BCUT2D eigenvalue weighted by atomic mass is 10.1. The van der Waals surface area contributed by atoms with Crippen LogP contribution in [-0.4, -0.2) is 13.0 Å². The minimum Gasteiger partial charge on any atom is -0.496 e. The molecule has 0 saturated carbocycles. The van der Waals surface area contributed by atoms with Crippen LogP contribution in [-0.2, 0) is 5.75 Å². The molecule has 3 rings (SSSR count). The van der Waals surface area contributed by atoms with Crippen LogP contribution in [0.4, 0.5) is 5.69 Å². The second-order valence-electron chi connectivity index (χ2n) is 6.21. The molecular formula is C22H19Cl2NO2S. The summed E-state index contributed by atoms with van der Waals surface area (Å²) in [5, 5.41) is 3.75. The highest BCUT2D eigenvalue weighted by molar-refractivity contribution is 7.98. The lowest BCUT2D eigenvalue weighted by molar-refractivity contribution is 0.102. The standard InChI is InChI=1S/C22H19Cl2NO2S/c1-14-3-7-18(8-4-14)28-13-16-11-15(5-10-21(16)27-2)22(26)25-20-12-17(23)6-9-19(20)24/h3-12H,13H2,1-2H3,(H,25,26). The van der Waals surface area contributed by atoms with Crippen molar-refractivity contribution in [1.82, 2.24) is 0 Å². The zero-order valence-electron chi connectivity index (χ0n) is 15.5. The molecule has 0 unspecified atom stereocenters. The van der Waals surface area contributed by atoms with Crippen molar-refractivity contribution >= 4 is 46.6 Å². The summed E-state index contributed by atoms with van der Waals surface area (Å²) in [6.07, 6.45) is 0. The summed E-state index contributed by atoms with van der Waals surface area (Å²) in [5.41, 5.74) is 3.17. The van der Waals surface area contributed by atoms with E-state index in [4.69, 9.17) is 27.9 Å². The Morgan fingerprint density at radius 3 is 2.50 bits per heavy atom. The summed E-state index contributed by atoms with van der Waals surface area (Å²) in [6, 6.07) is 18.7. The Balaban J connectivity index is 1.78. The lowest BCUT2D eigenvalue weighted by Gasteiger charge is -2.12. The number of carbonyl (C=O) groups is 1. The number of hydrogen-bond donors (Lipinski definition) is 1. The maximum absolute atomic E-state index is 12.7. The van der Waals surface area contributed by atoms with E-state index < -0.39 is 0 Å². The second kappa shape index (κ2) is 9.37. The molecule has 0 radical (unpaired) electrons. The molecular weight excluding hydrogens is 413 g/mol. The quantitative estimate of drug-likeness (QED) is 0.433. The second-order valence-corrected chi connectivity index (χ2v) is 8.10. The van der Waals surface area contributed by atoms with E-state index in [1.54, 1.807) is 49.2 Å². The fraction of sp³-hybridized carbons (Fsp3) is 0.136. The van der Waals surface area contributed by atoms with Crippen molar-refractivity contribution in [3.63, 3.8) is 0 Å². The topological polar surface area (TPSA) is 38.3 Å². The molecule has 0 atom stereocenters. The molecule has 3 aromatic carbocycles. The first-order chi connectivity index (χ1) is 13.5. The van der Waals surface area contributed by atoms with E-state index in [-0.39, 0.29) is 5.91 Å². The average molecular weight is 432 g/mol. The SMILES string of the molecule is COc1ccc(C(=O)Nc2cc(Cl)ccc2Cl)cc1CSc1ccc(C)cc1. The predicted octanol–water partition coefficient (Wildman–Crippen LogP) is 6.86. The van der Waals surface area contributed by atoms with Crippen molar-refractivity contribution in [2.45, 2.75) is 17.6 Å². The third-order valence-corrected chi connectivity index (χ3v) is 5.76. The van der Waals surface area contributed by atoms with Crippen LogP contribution in [0.15, 0.2) is 65.6 Å². The van der Waals surface area contributed by atoms with Gasteiger partial charge in [0.1, 0.15) is 5.75 Å². The van der Waals surface area contributed by atoms with E-state index in [1.807, 2.05) is 6.07 Å². The Kier molecular flexibility index (Phi) is 6.89. The van der Waals surface area contributed by atoms with E-state index in [0.29, 0.717) is 27.0 Å². The van der Waals surface area contributed by atoms with E-state index in [0.717, 1.165) is 16.2 Å². The van der Waals surface area contributed by atoms with Gasteiger partial charge in [0.2, 0.25) is 0 Å². The number of thioether (sulfide) groups is 1. The largest absolute Gasteiger partial charge is 0.496 e. The minimum atomic E-state index is -0.256. The van der Waals surface area contributed by atoms with Crippen LogP contribution >= 0.6 is 35.0 Å². The zero-order chi connectivity index (χ0) is 20.1. The third kappa shape index (κ3) is 5.22.